The zero-order valence-corrected chi connectivity index (χ0v) is 32.8. The first-order chi connectivity index (χ1) is 22.4. The fraction of sp³-hybridized carbons (Fsp3) is 0.895. The maximum absolute atomic E-state index is 12.6. The Bertz CT molecular complexity index is 823. The molecule has 0 spiro atoms. The van der Waals surface area contributed by atoms with E-state index in [1.165, 1.54) is 0 Å². The molecule has 0 atom stereocenters. The van der Waals surface area contributed by atoms with E-state index in [0.717, 1.165) is 51.6 Å². The van der Waals surface area contributed by atoms with E-state index in [0.29, 0.717) is 89.9 Å². The molecule has 0 aromatic carbocycles. The van der Waals surface area contributed by atoms with Crippen molar-refractivity contribution in [3.05, 3.63) is 0 Å². The van der Waals surface area contributed by atoms with E-state index >= 15 is 0 Å². The summed E-state index contributed by atoms with van der Waals surface area (Å²) in [5.41, 5.74) is 0.341. The minimum Gasteiger partial charge on any atom is -0.356 e. The lowest BCUT2D eigenvalue weighted by molar-refractivity contribution is -0.123. The van der Waals surface area contributed by atoms with Gasteiger partial charge < -0.3 is 31.1 Å². The molecule has 10 heteroatoms. The van der Waals surface area contributed by atoms with Gasteiger partial charge in [-0.15, -0.1) is 0 Å². The van der Waals surface area contributed by atoms with Crippen molar-refractivity contribution in [1.29, 1.82) is 0 Å². The first-order valence-electron chi connectivity index (χ1n) is 18.9. The van der Waals surface area contributed by atoms with Crippen molar-refractivity contribution in [1.82, 2.24) is 31.1 Å². The number of rotatable bonds is 27. The minimum atomic E-state index is 0.0456. The van der Waals surface area contributed by atoms with Crippen molar-refractivity contribution in [2.45, 2.75) is 133 Å². The Hall–Kier alpha value is -2.20. The highest BCUT2D eigenvalue weighted by Crippen LogP contribution is 2.17. The molecule has 0 saturated carbocycles. The molecule has 282 valence electrons. The van der Waals surface area contributed by atoms with Gasteiger partial charge in [-0.25, -0.2) is 0 Å². The van der Waals surface area contributed by atoms with Gasteiger partial charge in [0.1, 0.15) is 0 Å². The summed E-state index contributed by atoms with van der Waals surface area (Å²) in [7, 11) is 0. The van der Waals surface area contributed by atoms with Gasteiger partial charge in [0.25, 0.3) is 0 Å². The Morgan fingerprint density at radius 1 is 0.458 bits per heavy atom. The Labute approximate surface area is 295 Å². The SMILES string of the molecule is CC(C)CCNC(=O)CCN(CCCCN(CCC(=O)NCCC(C)C)CCC(=O)NCCC(C)(C)C)CCC(=O)NCCC(C)(C)C. The van der Waals surface area contributed by atoms with E-state index in [9.17, 15) is 19.2 Å². The van der Waals surface area contributed by atoms with Crippen molar-refractivity contribution in [2.24, 2.45) is 22.7 Å². The summed E-state index contributed by atoms with van der Waals surface area (Å²) in [5.74, 6) is 1.27. The van der Waals surface area contributed by atoms with Crippen molar-refractivity contribution < 1.29 is 19.2 Å². The van der Waals surface area contributed by atoms with Gasteiger partial charge in [0.2, 0.25) is 23.6 Å². The molecule has 0 aliphatic rings. The van der Waals surface area contributed by atoms with Crippen LogP contribution in [0.3, 0.4) is 0 Å². The van der Waals surface area contributed by atoms with Crippen LogP contribution in [0.1, 0.15) is 133 Å². The molecule has 48 heavy (non-hydrogen) atoms. The lowest BCUT2D eigenvalue weighted by atomic mass is 9.92. The van der Waals surface area contributed by atoms with Gasteiger partial charge in [0, 0.05) is 78.0 Å². The predicted octanol–water partition coefficient (Wildman–Crippen LogP) is 5.36. The molecule has 0 unspecified atom stereocenters. The van der Waals surface area contributed by atoms with E-state index in [-0.39, 0.29) is 34.5 Å². The monoisotopic (exact) mass is 681 g/mol. The third-order valence-corrected chi connectivity index (χ3v) is 8.30. The Morgan fingerprint density at radius 3 is 0.979 bits per heavy atom. The standard InChI is InChI=1S/C38H76N6O4/c1-31(2)13-21-39-33(45)15-27-43(29-17-35(47)41-23-19-37(5,6)7)25-11-12-26-44(28-16-34(46)40-22-14-32(3)4)30-18-36(48)42-24-20-38(8,9)10/h31-32H,11-30H2,1-10H3,(H,39,45)(H,40,46)(H,41,47)(H,42,48). The normalized spacial score (nSPS) is 12.2. The molecule has 0 rings (SSSR count). The van der Waals surface area contributed by atoms with Crippen molar-refractivity contribution >= 4 is 23.6 Å². The molecule has 4 amide bonds. The molecule has 0 saturated heterocycles. The van der Waals surface area contributed by atoms with E-state index in [1.54, 1.807) is 0 Å². The fourth-order valence-electron chi connectivity index (χ4n) is 4.89. The molecule has 0 radical (unpaired) electrons. The highest BCUT2D eigenvalue weighted by Gasteiger charge is 2.16. The Morgan fingerprint density at radius 2 is 0.729 bits per heavy atom. The Kier molecular flexibility index (Phi) is 24.5. The molecule has 0 bridgehead atoms. The van der Waals surface area contributed by atoms with Gasteiger partial charge in [-0.05, 0) is 74.3 Å². The molecular formula is C38H76N6O4. The lowest BCUT2D eigenvalue weighted by Crippen LogP contribution is -2.37. The van der Waals surface area contributed by atoms with E-state index in [2.05, 4.69) is 100 Å². The van der Waals surface area contributed by atoms with Crippen LogP contribution in [0.25, 0.3) is 0 Å². The van der Waals surface area contributed by atoms with Crippen molar-refractivity contribution in [3.8, 4) is 0 Å². The lowest BCUT2D eigenvalue weighted by Gasteiger charge is -2.25. The highest BCUT2D eigenvalue weighted by molar-refractivity contribution is 5.77. The largest absolute Gasteiger partial charge is 0.356 e. The number of nitrogens with zero attached hydrogens (tertiary/aromatic N) is 2. The molecule has 4 N–H and O–H groups in total. The summed E-state index contributed by atoms with van der Waals surface area (Å²) >= 11 is 0. The minimum absolute atomic E-state index is 0.0456. The number of hydrogen-bond donors (Lipinski definition) is 4. The van der Waals surface area contributed by atoms with Gasteiger partial charge in [0.05, 0.1) is 0 Å². The van der Waals surface area contributed by atoms with Crippen LogP contribution in [0.4, 0.5) is 0 Å². The number of amides is 4. The van der Waals surface area contributed by atoms with Crippen LogP contribution < -0.4 is 21.3 Å². The second-order valence-corrected chi connectivity index (χ2v) is 16.8. The number of carbonyl (C=O) groups excluding carboxylic acids is 4. The fourth-order valence-corrected chi connectivity index (χ4v) is 4.89. The van der Waals surface area contributed by atoms with Gasteiger partial charge >= 0.3 is 0 Å². The Balaban J connectivity index is 5.07. The molecule has 0 aromatic rings. The van der Waals surface area contributed by atoms with Crippen LogP contribution in [-0.2, 0) is 19.2 Å². The van der Waals surface area contributed by atoms with Crippen molar-refractivity contribution in [3.63, 3.8) is 0 Å². The predicted molar refractivity (Wildman–Crippen MR) is 200 cm³/mol. The summed E-state index contributed by atoms with van der Waals surface area (Å²) in [5, 5.41) is 12.1. The van der Waals surface area contributed by atoms with E-state index < -0.39 is 0 Å². The second-order valence-electron chi connectivity index (χ2n) is 16.8. The van der Waals surface area contributed by atoms with Crippen LogP contribution in [-0.4, -0.2) is 98.9 Å². The van der Waals surface area contributed by atoms with E-state index in [4.69, 9.17) is 0 Å². The zero-order valence-electron chi connectivity index (χ0n) is 32.8. The van der Waals surface area contributed by atoms with Crippen LogP contribution >= 0.6 is 0 Å². The molecule has 0 aliphatic heterocycles. The quantitative estimate of drug-likeness (QED) is 0.0867. The zero-order chi connectivity index (χ0) is 36.6. The third kappa shape index (κ3) is 31.1. The summed E-state index contributed by atoms with van der Waals surface area (Å²) in [6.45, 7) is 28.3. The maximum Gasteiger partial charge on any atom is 0.221 e. The van der Waals surface area contributed by atoms with E-state index in [1.807, 2.05) is 0 Å². The number of hydrogen-bond acceptors (Lipinski definition) is 6. The maximum atomic E-state index is 12.6. The van der Waals surface area contributed by atoms with Crippen LogP contribution in [0, 0.1) is 22.7 Å². The van der Waals surface area contributed by atoms with Crippen LogP contribution in [0.5, 0.6) is 0 Å². The highest BCUT2D eigenvalue weighted by atomic mass is 16.2. The first-order valence-corrected chi connectivity index (χ1v) is 18.9. The summed E-state index contributed by atoms with van der Waals surface area (Å²) in [6.07, 6.45) is 7.19. The van der Waals surface area contributed by atoms with Gasteiger partial charge in [-0.2, -0.15) is 0 Å². The topological polar surface area (TPSA) is 123 Å². The molecule has 0 heterocycles. The third-order valence-electron chi connectivity index (χ3n) is 8.30. The summed E-state index contributed by atoms with van der Waals surface area (Å²) < 4.78 is 0. The summed E-state index contributed by atoms with van der Waals surface area (Å²) in [6, 6.07) is 0. The molecule has 10 nitrogen and oxygen atoms in total. The molecular weight excluding hydrogens is 604 g/mol. The average molecular weight is 681 g/mol. The van der Waals surface area contributed by atoms with Gasteiger partial charge in [-0.1, -0.05) is 69.2 Å². The summed E-state index contributed by atoms with van der Waals surface area (Å²) in [4.78, 5) is 54.6. The second kappa shape index (κ2) is 25.7. The van der Waals surface area contributed by atoms with Gasteiger partial charge in [-0.3, -0.25) is 19.2 Å². The van der Waals surface area contributed by atoms with Crippen LogP contribution in [0.2, 0.25) is 0 Å². The number of nitrogens with one attached hydrogen (secondary N) is 4. The smallest absolute Gasteiger partial charge is 0.221 e. The van der Waals surface area contributed by atoms with Crippen LogP contribution in [0.15, 0.2) is 0 Å². The first kappa shape index (κ1) is 45.8. The van der Waals surface area contributed by atoms with Crippen molar-refractivity contribution in [2.75, 3.05) is 65.4 Å². The number of carbonyl (C=O) groups is 4. The average Bonchev–Trinajstić information content (AvgIpc) is 2.95. The molecule has 0 aliphatic carbocycles. The number of unbranched alkanes of at least 4 members (excludes halogenated alkanes) is 1. The van der Waals surface area contributed by atoms with Gasteiger partial charge in [0.15, 0.2) is 0 Å². The molecule has 0 aromatic heterocycles. The molecule has 0 fully saturated rings.